The number of methoxy groups -OCH3 is 3. The molecule has 0 amide bonds. The van der Waals surface area contributed by atoms with Gasteiger partial charge in [0.2, 0.25) is 0 Å². The van der Waals surface area contributed by atoms with E-state index in [0.29, 0.717) is 0 Å². The van der Waals surface area contributed by atoms with Gasteiger partial charge in [-0.1, -0.05) is 6.07 Å². The smallest absolute Gasteiger partial charge is 0.191 e. The van der Waals surface area contributed by atoms with E-state index < -0.39 is 0 Å². The highest BCUT2D eigenvalue weighted by Crippen LogP contribution is 2.32. The zero-order valence-corrected chi connectivity index (χ0v) is 20.2. The highest BCUT2D eigenvalue weighted by molar-refractivity contribution is 14.0. The molecule has 1 aromatic rings. The molecule has 2 rings (SSSR count). The topological polar surface area (TPSA) is 76.6 Å². The van der Waals surface area contributed by atoms with Gasteiger partial charge in [0.1, 0.15) is 0 Å². The maximum Gasteiger partial charge on any atom is 0.191 e. The summed E-state index contributed by atoms with van der Waals surface area (Å²) in [5.41, 5.74) is 1.17. The van der Waals surface area contributed by atoms with Crippen molar-refractivity contribution in [1.29, 1.82) is 0 Å². The third kappa shape index (κ3) is 8.15. The molecule has 1 aliphatic rings. The molecule has 0 saturated carbocycles. The Morgan fingerprint density at radius 2 is 1.86 bits per heavy atom. The lowest BCUT2D eigenvalue weighted by Crippen LogP contribution is -2.46. The van der Waals surface area contributed by atoms with E-state index >= 15 is 0 Å². The van der Waals surface area contributed by atoms with Gasteiger partial charge in [-0.2, -0.15) is 0 Å². The van der Waals surface area contributed by atoms with Crippen molar-refractivity contribution in [3.05, 3.63) is 23.8 Å². The summed E-state index contributed by atoms with van der Waals surface area (Å²) in [5.74, 6) is 2.26. The highest BCUT2D eigenvalue weighted by Gasteiger charge is 2.24. The van der Waals surface area contributed by atoms with Gasteiger partial charge in [-0.25, -0.2) is 0 Å². The van der Waals surface area contributed by atoms with Crippen molar-refractivity contribution in [2.24, 2.45) is 4.99 Å². The standard InChI is InChI=1S/C20H34N4O4.HI/c1-21-20(22-8-5-11-25-2)23-15-17(24-9-12-28-13-10-24)16-6-7-18(26-3)19(14-16)27-4;/h6-7,14,17H,5,8-13,15H2,1-4H3,(H2,21,22,23);1H. The third-order valence-electron chi connectivity index (χ3n) is 4.78. The Bertz CT molecular complexity index is 612. The number of hydrogen-bond acceptors (Lipinski definition) is 6. The summed E-state index contributed by atoms with van der Waals surface area (Å²) < 4.78 is 21.5. The van der Waals surface area contributed by atoms with Crippen molar-refractivity contribution in [3.8, 4) is 11.5 Å². The molecule has 1 heterocycles. The van der Waals surface area contributed by atoms with E-state index in [-0.39, 0.29) is 30.0 Å². The van der Waals surface area contributed by atoms with Crippen LogP contribution in [0.25, 0.3) is 0 Å². The lowest BCUT2D eigenvalue weighted by molar-refractivity contribution is 0.0169. The summed E-state index contributed by atoms with van der Waals surface area (Å²) >= 11 is 0. The van der Waals surface area contributed by atoms with Crippen LogP contribution in [0.4, 0.5) is 0 Å². The van der Waals surface area contributed by atoms with Crippen LogP contribution in [0.5, 0.6) is 11.5 Å². The molecule has 0 bridgehead atoms. The molecule has 0 aromatic heterocycles. The van der Waals surface area contributed by atoms with Crippen LogP contribution in [-0.4, -0.2) is 85.2 Å². The van der Waals surface area contributed by atoms with Crippen molar-refractivity contribution in [1.82, 2.24) is 15.5 Å². The molecule has 1 atom stereocenters. The van der Waals surface area contributed by atoms with E-state index in [1.807, 2.05) is 6.07 Å². The van der Waals surface area contributed by atoms with E-state index in [2.05, 4.69) is 32.7 Å². The number of ether oxygens (including phenoxy) is 4. The second-order valence-corrected chi connectivity index (χ2v) is 6.50. The molecule has 1 saturated heterocycles. The largest absolute Gasteiger partial charge is 0.493 e. The summed E-state index contributed by atoms with van der Waals surface area (Å²) in [7, 11) is 6.81. The molecule has 0 aliphatic carbocycles. The van der Waals surface area contributed by atoms with Crippen LogP contribution >= 0.6 is 24.0 Å². The van der Waals surface area contributed by atoms with Crippen molar-refractivity contribution in [3.63, 3.8) is 0 Å². The maximum absolute atomic E-state index is 5.54. The molecular weight excluding hydrogens is 487 g/mol. The lowest BCUT2D eigenvalue weighted by Gasteiger charge is -2.35. The number of morpholine rings is 1. The second kappa shape index (κ2) is 14.6. The first-order valence-corrected chi connectivity index (χ1v) is 9.70. The van der Waals surface area contributed by atoms with E-state index in [4.69, 9.17) is 18.9 Å². The van der Waals surface area contributed by atoms with Gasteiger partial charge in [0.05, 0.1) is 33.5 Å². The number of nitrogens with one attached hydrogen (secondary N) is 2. The molecule has 2 N–H and O–H groups in total. The first-order chi connectivity index (χ1) is 13.7. The third-order valence-corrected chi connectivity index (χ3v) is 4.78. The van der Waals surface area contributed by atoms with Gasteiger partial charge in [-0.3, -0.25) is 9.89 Å². The van der Waals surface area contributed by atoms with Gasteiger partial charge in [0.15, 0.2) is 17.5 Å². The Morgan fingerprint density at radius 3 is 2.48 bits per heavy atom. The van der Waals surface area contributed by atoms with Gasteiger partial charge in [-0.15, -0.1) is 24.0 Å². The van der Waals surface area contributed by atoms with Crippen molar-refractivity contribution < 1.29 is 18.9 Å². The maximum atomic E-state index is 5.54. The van der Waals surface area contributed by atoms with Crippen molar-refractivity contribution in [2.75, 3.05) is 74.4 Å². The molecule has 0 spiro atoms. The minimum Gasteiger partial charge on any atom is -0.493 e. The van der Waals surface area contributed by atoms with Gasteiger partial charge in [0, 0.05) is 46.9 Å². The van der Waals surface area contributed by atoms with Crippen LogP contribution in [0.15, 0.2) is 23.2 Å². The number of hydrogen-bond donors (Lipinski definition) is 2. The molecule has 0 radical (unpaired) electrons. The predicted octanol–water partition coefficient (Wildman–Crippen LogP) is 1.90. The van der Waals surface area contributed by atoms with Crippen LogP contribution in [-0.2, 0) is 9.47 Å². The number of guanidine groups is 1. The van der Waals surface area contributed by atoms with E-state index in [0.717, 1.165) is 69.9 Å². The fourth-order valence-corrected chi connectivity index (χ4v) is 3.24. The van der Waals surface area contributed by atoms with E-state index in [1.54, 1.807) is 28.4 Å². The molecule has 1 fully saturated rings. The number of aliphatic imine (C=N–C) groups is 1. The van der Waals surface area contributed by atoms with Crippen molar-refractivity contribution >= 4 is 29.9 Å². The Hall–Kier alpha value is -1.30. The van der Waals surface area contributed by atoms with E-state index in [1.165, 1.54) is 5.56 Å². The summed E-state index contributed by atoms with van der Waals surface area (Å²) in [4.78, 5) is 6.75. The summed E-state index contributed by atoms with van der Waals surface area (Å²) in [6, 6.07) is 6.27. The van der Waals surface area contributed by atoms with Crippen LogP contribution in [0.2, 0.25) is 0 Å². The molecule has 1 unspecified atom stereocenters. The highest BCUT2D eigenvalue weighted by atomic mass is 127. The normalized spacial score (nSPS) is 15.9. The fraction of sp³-hybridized carbons (Fsp3) is 0.650. The molecule has 29 heavy (non-hydrogen) atoms. The Labute approximate surface area is 191 Å². The fourth-order valence-electron chi connectivity index (χ4n) is 3.24. The minimum absolute atomic E-state index is 0. The zero-order valence-electron chi connectivity index (χ0n) is 17.9. The van der Waals surface area contributed by atoms with Gasteiger partial charge < -0.3 is 29.6 Å². The van der Waals surface area contributed by atoms with Crippen LogP contribution < -0.4 is 20.1 Å². The number of nitrogens with zero attached hydrogens (tertiary/aromatic N) is 2. The van der Waals surface area contributed by atoms with E-state index in [9.17, 15) is 0 Å². The molecular formula is C20H35IN4O4. The number of rotatable bonds is 10. The molecule has 166 valence electrons. The summed E-state index contributed by atoms with van der Waals surface area (Å²) in [5, 5.41) is 6.78. The van der Waals surface area contributed by atoms with Crippen LogP contribution in [0.1, 0.15) is 18.0 Å². The average molecular weight is 522 g/mol. The SMILES string of the molecule is CN=C(NCCCOC)NCC(c1ccc(OC)c(OC)c1)N1CCOCC1.I. The first-order valence-electron chi connectivity index (χ1n) is 9.70. The second-order valence-electron chi connectivity index (χ2n) is 6.50. The van der Waals surface area contributed by atoms with Crippen LogP contribution in [0.3, 0.4) is 0 Å². The van der Waals surface area contributed by atoms with Gasteiger partial charge in [-0.05, 0) is 24.1 Å². The number of benzene rings is 1. The molecule has 1 aliphatic heterocycles. The van der Waals surface area contributed by atoms with Gasteiger partial charge >= 0.3 is 0 Å². The Morgan fingerprint density at radius 1 is 1.14 bits per heavy atom. The molecule has 9 heteroatoms. The number of halogens is 1. The summed E-state index contributed by atoms with van der Waals surface area (Å²) in [6.07, 6.45) is 0.930. The predicted molar refractivity (Wildman–Crippen MR) is 126 cm³/mol. The Balaban J connectivity index is 0.00000420. The Kier molecular flexibility index (Phi) is 13.0. The summed E-state index contributed by atoms with van der Waals surface area (Å²) in [6.45, 7) is 5.53. The first kappa shape index (κ1) is 25.7. The average Bonchev–Trinajstić information content (AvgIpc) is 2.75. The van der Waals surface area contributed by atoms with Gasteiger partial charge in [0.25, 0.3) is 0 Å². The molecule has 1 aromatic carbocycles. The monoisotopic (exact) mass is 522 g/mol. The minimum atomic E-state index is 0. The quantitative estimate of drug-likeness (QED) is 0.211. The van der Waals surface area contributed by atoms with Crippen LogP contribution in [0, 0.1) is 0 Å². The zero-order chi connectivity index (χ0) is 20.2. The van der Waals surface area contributed by atoms with Crippen molar-refractivity contribution in [2.45, 2.75) is 12.5 Å². The lowest BCUT2D eigenvalue weighted by atomic mass is 10.0. The molecule has 8 nitrogen and oxygen atoms in total.